The van der Waals surface area contributed by atoms with E-state index < -0.39 is 16.2 Å². The molecule has 2 rings (SSSR count). The summed E-state index contributed by atoms with van der Waals surface area (Å²) < 4.78 is 13.2. The summed E-state index contributed by atoms with van der Waals surface area (Å²) in [5.74, 6) is 2.62. The molecule has 2 nitrogen and oxygen atoms in total. The number of benzene rings is 2. The van der Waals surface area contributed by atoms with Gasteiger partial charge in [-0.05, 0) is 44.0 Å². The standard InChI is InChI=1S/C22H21NOS/c1-4-6-16-22(17-23,15-5-2)20-9-7-8-10-21(20)25(24)19-13-11-18(3)12-14-19/h2,4,6-14H,15-16H2,1,3H3/b6-4+/t22-,25-/m0/s1. The molecule has 0 unspecified atom stereocenters. The first-order valence-corrected chi connectivity index (χ1v) is 9.27. The molecule has 2 atom stereocenters. The number of rotatable bonds is 6. The van der Waals surface area contributed by atoms with Crippen molar-refractivity contribution in [2.45, 2.75) is 41.9 Å². The smallest absolute Gasteiger partial charge is 0.0976 e. The van der Waals surface area contributed by atoms with E-state index in [1.165, 1.54) is 0 Å². The van der Waals surface area contributed by atoms with Gasteiger partial charge in [0.1, 0.15) is 0 Å². The molecular formula is C22H21NOS. The predicted molar refractivity (Wildman–Crippen MR) is 102 cm³/mol. The second-order valence-corrected chi connectivity index (χ2v) is 7.37. The summed E-state index contributed by atoms with van der Waals surface area (Å²) in [6.07, 6.45) is 10.2. The molecule has 0 aromatic heterocycles. The zero-order valence-electron chi connectivity index (χ0n) is 14.5. The maximum Gasteiger partial charge on any atom is 0.0976 e. The van der Waals surface area contributed by atoms with Crippen LogP contribution in [0.25, 0.3) is 0 Å². The minimum absolute atomic E-state index is 0.274. The van der Waals surface area contributed by atoms with E-state index in [1.807, 2.05) is 74.5 Å². The lowest BCUT2D eigenvalue weighted by Crippen LogP contribution is -2.25. The first-order chi connectivity index (χ1) is 12.1. The molecule has 2 aromatic rings. The van der Waals surface area contributed by atoms with E-state index in [0.717, 1.165) is 16.0 Å². The van der Waals surface area contributed by atoms with Crippen LogP contribution in [-0.2, 0) is 16.2 Å². The van der Waals surface area contributed by atoms with Crippen LogP contribution in [0.4, 0.5) is 0 Å². The minimum Gasteiger partial charge on any atom is -0.249 e. The Morgan fingerprint density at radius 3 is 2.48 bits per heavy atom. The fourth-order valence-corrected chi connectivity index (χ4v) is 4.03. The molecule has 0 aliphatic carbocycles. The largest absolute Gasteiger partial charge is 0.249 e. The van der Waals surface area contributed by atoms with E-state index in [0.29, 0.717) is 11.3 Å². The third-order valence-corrected chi connectivity index (χ3v) is 5.61. The Hall–Kier alpha value is -2.62. The zero-order chi connectivity index (χ0) is 18.3. The fraction of sp³-hybridized carbons (Fsp3) is 0.227. The van der Waals surface area contributed by atoms with E-state index in [2.05, 4.69) is 12.0 Å². The van der Waals surface area contributed by atoms with Crippen molar-refractivity contribution in [1.82, 2.24) is 0 Å². The van der Waals surface area contributed by atoms with Gasteiger partial charge in [0.25, 0.3) is 0 Å². The lowest BCUT2D eigenvalue weighted by molar-refractivity contribution is 0.561. The molecular weight excluding hydrogens is 326 g/mol. The SMILES string of the molecule is C#CC[C@@](C#N)(C/C=C/C)c1ccccc1[S@@](=O)c1ccc(C)cc1. The Labute approximate surface area is 152 Å². The molecule has 3 heteroatoms. The van der Waals surface area contributed by atoms with E-state index >= 15 is 0 Å². The van der Waals surface area contributed by atoms with Gasteiger partial charge in [-0.1, -0.05) is 48.0 Å². The number of nitriles is 1. The van der Waals surface area contributed by atoms with Crippen LogP contribution in [-0.4, -0.2) is 4.21 Å². The van der Waals surface area contributed by atoms with Gasteiger partial charge >= 0.3 is 0 Å². The molecule has 0 spiro atoms. The van der Waals surface area contributed by atoms with Crippen LogP contribution >= 0.6 is 0 Å². The first-order valence-electron chi connectivity index (χ1n) is 8.12. The van der Waals surface area contributed by atoms with E-state index in [-0.39, 0.29) is 6.42 Å². The van der Waals surface area contributed by atoms with Gasteiger partial charge in [0.2, 0.25) is 0 Å². The number of hydrogen-bond acceptors (Lipinski definition) is 2. The third kappa shape index (κ3) is 4.08. The van der Waals surface area contributed by atoms with Crippen LogP contribution in [0.3, 0.4) is 0 Å². The molecule has 25 heavy (non-hydrogen) atoms. The highest BCUT2D eigenvalue weighted by Gasteiger charge is 2.34. The molecule has 0 saturated carbocycles. The van der Waals surface area contributed by atoms with Crippen molar-refractivity contribution in [3.63, 3.8) is 0 Å². The number of nitrogens with zero attached hydrogens (tertiary/aromatic N) is 1. The van der Waals surface area contributed by atoms with E-state index in [1.54, 1.807) is 0 Å². The van der Waals surface area contributed by atoms with Crippen molar-refractivity contribution >= 4 is 10.8 Å². The number of terminal acetylenes is 1. The molecule has 0 heterocycles. The van der Waals surface area contributed by atoms with Gasteiger partial charge in [-0.25, -0.2) is 4.21 Å². The normalized spacial score (nSPS) is 14.4. The van der Waals surface area contributed by atoms with Crippen LogP contribution in [0, 0.1) is 30.6 Å². The maximum atomic E-state index is 13.2. The highest BCUT2D eigenvalue weighted by Crippen LogP contribution is 2.36. The van der Waals surface area contributed by atoms with Crippen LogP contribution in [0.15, 0.2) is 70.5 Å². The molecule has 126 valence electrons. The van der Waals surface area contributed by atoms with Gasteiger partial charge in [-0.2, -0.15) is 5.26 Å². The molecule has 0 fully saturated rings. The highest BCUT2D eigenvalue weighted by molar-refractivity contribution is 7.85. The number of allylic oxidation sites excluding steroid dienone is 2. The topological polar surface area (TPSA) is 40.9 Å². The number of aryl methyl sites for hydroxylation is 1. The molecule has 0 aliphatic rings. The quantitative estimate of drug-likeness (QED) is 0.550. The summed E-state index contributed by atoms with van der Waals surface area (Å²) in [6.45, 7) is 3.90. The van der Waals surface area contributed by atoms with Crippen molar-refractivity contribution in [2.24, 2.45) is 0 Å². The van der Waals surface area contributed by atoms with Gasteiger partial charge in [-0.3, -0.25) is 0 Å². The van der Waals surface area contributed by atoms with Gasteiger partial charge in [0.15, 0.2) is 0 Å². The second-order valence-electron chi connectivity index (χ2n) is 5.93. The Morgan fingerprint density at radius 1 is 1.20 bits per heavy atom. The van der Waals surface area contributed by atoms with Gasteiger partial charge in [0, 0.05) is 16.2 Å². The molecule has 0 N–H and O–H groups in total. The summed E-state index contributed by atoms with van der Waals surface area (Å²) in [6, 6.07) is 17.4. The van der Waals surface area contributed by atoms with Crippen LogP contribution in [0.2, 0.25) is 0 Å². The molecule has 0 saturated heterocycles. The Bertz CT molecular complexity index is 868. The summed E-state index contributed by atoms with van der Waals surface area (Å²) in [5, 5.41) is 9.92. The Kier molecular flexibility index (Phi) is 6.34. The molecule has 0 aliphatic heterocycles. The first kappa shape index (κ1) is 18.7. The molecule has 0 bridgehead atoms. The third-order valence-electron chi connectivity index (χ3n) is 4.16. The van der Waals surface area contributed by atoms with Crippen LogP contribution in [0.1, 0.15) is 30.9 Å². The monoisotopic (exact) mass is 347 g/mol. The average molecular weight is 347 g/mol. The molecule has 0 radical (unpaired) electrons. The lowest BCUT2D eigenvalue weighted by Gasteiger charge is -2.26. The lowest BCUT2D eigenvalue weighted by atomic mass is 9.76. The van der Waals surface area contributed by atoms with Crippen molar-refractivity contribution in [3.05, 3.63) is 71.8 Å². The average Bonchev–Trinajstić information content (AvgIpc) is 2.65. The van der Waals surface area contributed by atoms with E-state index in [9.17, 15) is 9.47 Å². The second kappa shape index (κ2) is 8.47. The van der Waals surface area contributed by atoms with Gasteiger partial charge in [0.05, 0.1) is 22.3 Å². The van der Waals surface area contributed by atoms with Crippen molar-refractivity contribution in [1.29, 1.82) is 5.26 Å². The predicted octanol–water partition coefficient (Wildman–Crippen LogP) is 4.91. The van der Waals surface area contributed by atoms with Crippen molar-refractivity contribution < 1.29 is 4.21 Å². The number of hydrogen-bond donors (Lipinski definition) is 0. The van der Waals surface area contributed by atoms with Gasteiger partial charge < -0.3 is 0 Å². The molecule has 2 aromatic carbocycles. The Balaban J connectivity index is 2.59. The minimum atomic E-state index is -1.37. The summed E-state index contributed by atoms with van der Waals surface area (Å²) in [7, 11) is -1.37. The molecule has 0 amide bonds. The maximum absolute atomic E-state index is 13.2. The van der Waals surface area contributed by atoms with E-state index in [4.69, 9.17) is 6.42 Å². The van der Waals surface area contributed by atoms with Crippen molar-refractivity contribution in [2.75, 3.05) is 0 Å². The van der Waals surface area contributed by atoms with Crippen LogP contribution in [0.5, 0.6) is 0 Å². The summed E-state index contributed by atoms with van der Waals surface area (Å²) >= 11 is 0. The fourth-order valence-electron chi connectivity index (χ4n) is 2.73. The van der Waals surface area contributed by atoms with Crippen molar-refractivity contribution in [3.8, 4) is 18.4 Å². The zero-order valence-corrected chi connectivity index (χ0v) is 15.3. The summed E-state index contributed by atoms with van der Waals surface area (Å²) in [4.78, 5) is 1.37. The summed E-state index contributed by atoms with van der Waals surface area (Å²) in [5.41, 5.74) is 0.978. The van der Waals surface area contributed by atoms with Crippen LogP contribution < -0.4 is 0 Å². The van der Waals surface area contributed by atoms with Gasteiger partial charge in [-0.15, -0.1) is 12.3 Å². The highest BCUT2D eigenvalue weighted by atomic mass is 32.2. The Morgan fingerprint density at radius 2 is 1.88 bits per heavy atom.